The van der Waals surface area contributed by atoms with Crippen LogP contribution in [0.1, 0.15) is 5.69 Å². The third-order valence-corrected chi connectivity index (χ3v) is 2.24. The summed E-state index contributed by atoms with van der Waals surface area (Å²) in [4.78, 5) is 10.3. The lowest BCUT2D eigenvalue weighted by molar-refractivity contribution is -0.117. The molecule has 0 aliphatic heterocycles. The minimum atomic E-state index is -0.361. The number of hydrogen-bond acceptors (Lipinski definition) is 2. The van der Waals surface area contributed by atoms with Crippen LogP contribution in [0.5, 0.6) is 0 Å². The van der Waals surface area contributed by atoms with E-state index < -0.39 is 0 Å². The second kappa shape index (κ2) is 3.71. The molecule has 0 aliphatic rings. The fraction of sp³-hybridized carbons (Fsp3) is 0.429. The van der Waals surface area contributed by atoms with Crippen LogP contribution in [0.25, 0.3) is 0 Å². The first kappa shape index (κ1) is 9.25. The molecule has 1 aromatic heterocycles. The van der Waals surface area contributed by atoms with Gasteiger partial charge in [-0.1, -0.05) is 15.9 Å². The summed E-state index contributed by atoms with van der Waals surface area (Å²) in [7, 11) is 1.83. The van der Waals surface area contributed by atoms with E-state index in [-0.39, 0.29) is 10.7 Å². The van der Waals surface area contributed by atoms with Crippen LogP contribution >= 0.6 is 15.9 Å². The molecule has 0 bridgehead atoms. The highest BCUT2D eigenvalue weighted by atomic mass is 79.9. The van der Waals surface area contributed by atoms with E-state index in [1.54, 1.807) is 4.68 Å². The summed E-state index contributed by atoms with van der Waals surface area (Å²) >= 11 is 3.16. The quantitative estimate of drug-likeness (QED) is 0.757. The van der Waals surface area contributed by atoms with E-state index in [0.717, 1.165) is 5.69 Å². The highest BCUT2D eigenvalue weighted by molar-refractivity contribution is 9.10. The van der Waals surface area contributed by atoms with Crippen molar-refractivity contribution in [1.29, 1.82) is 0 Å². The van der Waals surface area contributed by atoms with Crippen molar-refractivity contribution in [2.45, 2.75) is 11.2 Å². The molecule has 5 heteroatoms. The number of nitrogens with two attached hydrogens (primary N) is 1. The summed E-state index contributed by atoms with van der Waals surface area (Å²) in [5.74, 6) is -0.361. The van der Waals surface area contributed by atoms with E-state index in [9.17, 15) is 4.79 Å². The van der Waals surface area contributed by atoms with Gasteiger partial charge in [0.2, 0.25) is 5.91 Å². The summed E-state index contributed by atoms with van der Waals surface area (Å²) in [6, 6.07) is 1.86. The largest absolute Gasteiger partial charge is 0.369 e. The van der Waals surface area contributed by atoms with Crippen molar-refractivity contribution in [3.8, 4) is 0 Å². The van der Waals surface area contributed by atoms with Crippen LogP contribution in [0.15, 0.2) is 12.3 Å². The van der Waals surface area contributed by atoms with Gasteiger partial charge in [-0.3, -0.25) is 9.48 Å². The molecule has 1 amide bonds. The summed E-state index contributed by atoms with van der Waals surface area (Å²) in [6.07, 6.45) is 2.37. The number of alkyl halides is 1. The molecule has 4 nitrogen and oxygen atoms in total. The number of rotatable bonds is 3. The minimum absolute atomic E-state index is 0.326. The maximum Gasteiger partial charge on any atom is 0.231 e. The summed E-state index contributed by atoms with van der Waals surface area (Å²) in [5.41, 5.74) is 5.93. The minimum Gasteiger partial charge on any atom is -0.369 e. The number of aromatic nitrogens is 2. The van der Waals surface area contributed by atoms with Gasteiger partial charge in [0.25, 0.3) is 0 Å². The van der Waals surface area contributed by atoms with E-state index in [2.05, 4.69) is 21.0 Å². The molecular weight excluding hydrogens is 222 g/mol. The number of carbonyl (C=O) groups excluding carboxylic acids is 1. The van der Waals surface area contributed by atoms with Gasteiger partial charge in [0.05, 0.1) is 10.5 Å². The van der Waals surface area contributed by atoms with Crippen LogP contribution in [-0.2, 0) is 18.3 Å². The van der Waals surface area contributed by atoms with Gasteiger partial charge in [0.15, 0.2) is 0 Å². The Balaban J connectivity index is 2.58. The zero-order chi connectivity index (χ0) is 9.14. The zero-order valence-corrected chi connectivity index (χ0v) is 8.28. The molecule has 1 aromatic rings. The lowest BCUT2D eigenvalue weighted by Crippen LogP contribution is -2.25. The third-order valence-electron chi connectivity index (χ3n) is 1.47. The Morgan fingerprint density at radius 3 is 3.00 bits per heavy atom. The fourth-order valence-electron chi connectivity index (χ4n) is 0.856. The summed E-state index contributed by atoms with van der Waals surface area (Å²) in [5, 5.41) is 4.11. The number of amides is 1. The molecule has 1 heterocycles. The molecule has 0 spiro atoms. The van der Waals surface area contributed by atoms with Gasteiger partial charge < -0.3 is 5.73 Å². The van der Waals surface area contributed by atoms with Gasteiger partial charge >= 0.3 is 0 Å². The van der Waals surface area contributed by atoms with Crippen molar-refractivity contribution in [2.75, 3.05) is 0 Å². The molecule has 66 valence electrons. The lowest BCUT2D eigenvalue weighted by Gasteiger charge is -2.00. The van der Waals surface area contributed by atoms with E-state index >= 15 is 0 Å². The SMILES string of the molecule is Cn1ccc(CC(Br)C(N)=O)n1. The number of primary amides is 1. The molecule has 0 aromatic carbocycles. The van der Waals surface area contributed by atoms with Crippen molar-refractivity contribution in [2.24, 2.45) is 12.8 Å². The van der Waals surface area contributed by atoms with Gasteiger partial charge in [-0.15, -0.1) is 0 Å². The highest BCUT2D eigenvalue weighted by Crippen LogP contribution is 2.06. The summed E-state index contributed by atoms with van der Waals surface area (Å²) in [6.45, 7) is 0. The van der Waals surface area contributed by atoms with Gasteiger partial charge in [0.1, 0.15) is 0 Å². The molecule has 0 aliphatic carbocycles. The average Bonchev–Trinajstić information content (AvgIpc) is 2.35. The topological polar surface area (TPSA) is 60.9 Å². The Hall–Kier alpha value is -0.840. The molecule has 0 saturated heterocycles. The summed E-state index contributed by atoms with van der Waals surface area (Å²) < 4.78 is 1.69. The van der Waals surface area contributed by atoms with Gasteiger partial charge in [0, 0.05) is 19.7 Å². The molecule has 1 atom stereocenters. The predicted octanol–water partition coefficient (Wildman–Crippen LogP) is 0.211. The van der Waals surface area contributed by atoms with Gasteiger partial charge in [-0.25, -0.2) is 0 Å². The molecule has 0 saturated carbocycles. The Morgan fingerprint density at radius 2 is 2.58 bits per heavy atom. The number of nitrogens with zero attached hydrogens (tertiary/aromatic N) is 2. The molecule has 12 heavy (non-hydrogen) atoms. The number of aryl methyl sites for hydroxylation is 1. The average molecular weight is 232 g/mol. The van der Waals surface area contributed by atoms with Crippen molar-refractivity contribution < 1.29 is 4.79 Å². The first-order valence-corrected chi connectivity index (χ1v) is 4.43. The van der Waals surface area contributed by atoms with E-state index in [1.807, 2.05) is 19.3 Å². The van der Waals surface area contributed by atoms with E-state index in [0.29, 0.717) is 6.42 Å². The smallest absolute Gasteiger partial charge is 0.231 e. The van der Waals surface area contributed by atoms with Crippen LogP contribution in [-0.4, -0.2) is 20.5 Å². The number of hydrogen-bond donors (Lipinski definition) is 1. The molecule has 0 radical (unpaired) electrons. The predicted molar refractivity (Wildman–Crippen MR) is 48.8 cm³/mol. The highest BCUT2D eigenvalue weighted by Gasteiger charge is 2.12. The van der Waals surface area contributed by atoms with E-state index in [1.165, 1.54) is 0 Å². The maximum absolute atomic E-state index is 10.7. The van der Waals surface area contributed by atoms with Crippen molar-refractivity contribution in [3.63, 3.8) is 0 Å². The molecular formula is C7H10BrN3O. The van der Waals surface area contributed by atoms with Crippen molar-refractivity contribution in [3.05, 3.63) is 18.0 Å². The molecule has 0 fully saturated rings. The van der Waals surface area contributed by atoms with Crippen molar-refractivity contribution in [1.82, 2.24) is 9.78 Å². The van der Waals surface area contributed by atoms with Crippen LogP contribution < -0.4 is 5.73 Å². The van der Waals surface area contributed by atoms with E-state index in [4.69, 9.17) is 5.73 Å². The Labute approximate surface area is 78.9 Å². The molecule has 1 rings (SSSR count). The molecule has 2 N–H and O–H groups in total. The second-order valence-corrected chi connectivity index (χ2v) is 3.66. The monoisotopic (exact) mass is 231 g/mol. The standard InChI is InChI=1S/C7H10BrN3O/c1-11-3-2-5(10-11)4-6(8)7(9)12/h2-3,6H,4H2,1H3,(H2,9,12). The number of halogens is 1. The molecule has 1 unspecified atom stereocenters. The Kier molecular flexibility index (Phi) is 2.86. The van der Waals surface area contributed by atoms with Crippen LogP contribution in [0.3, 0.4) is 0 Å². The van der Waals surface area contributed by atoms with Crippen LogP contribution in [0.4, 0.5) is 0 Å². The van der Waals surface area contributed by atoms with Crippen LogP contribution in [0, 0.1) is 0 Å². The normalized spacial score (nSPS) is 12.8. The lowest BCUT2D eigenvalue weighted by atomic mass is 10.2. The first-order valence-electron chi connectivity index (χ1n) is 3.51. The fourth-order valence-corrected chi connectivity index (χ4v) is 1.19. The Bertz CT molecular complexity index is 284. The van der Waals surface area contributed by atoms with Crippen molar-refractivity contribution >= 4 is 21.8 Å². The van der Waals surface area contributed by atoms with Gasteiger partial charge in [-0.05, 0) is 6.07 Å². The Morgan fingerprint density at radius 1 is 1.92 bits per heavy atom. The zero-order valence-electron chi connectivity index (χ0n) is 6.70. The van der Waals surface area contributed by atoms with Crippen LogP contribution in [0.2, 0.25) is 0 Å². The first-order chi connectivity index (χ1) is 5.59. The van der Waals surface area contributed by atoms with Gasteiger partial charge in [-0.2, -0.15) is 5.10 Å². The second-order valence-electron chi connectivity index (χ2n) is 2.55. The maximum atomic E-state index is 10.7. The third kappa shape index (κ3) is 2.34. The number of carbonyl (C=O) groups is 1.